The van der Waals surface area contributed by atoms with Gasteiger partial charge in [-0.05, 0) is 42.9 Å². The van der Waals surface area contributed by atoms with Crippen LogP contribution in [0.15, 0.2) is 24.3 Å². The average molecular weight is 293 g/mol. The van der Waals surface area contributed by atoms with E-state index < -0.39 is 10.8 Å². The molecule has 0 saturated carbocycles. The van der Waals surface area contributed by atoms with Gasteiger partial charge in [0.2, 0.25) is 0 Å². The van der Waals surface area contributed by atoms with Crippen molar-refractivity contribution in [3.05, 3.63) is 35.4 Å². The van der Waals surface area contributed by atoms with Crippen molar-refractivity contribution < 1.29 is 4.21 Å². The second-order valence-corrected chi connectivity index (χ2v) is 7.85. The number of benzene rings is 1. The smallest absolute Gasteiger partial charge is 0.0546 e. The molecule has 0 fully saturated rings. The lowest BCUT2D eigenvalue weighted by molar-refractivity contribution is 0.462. The molecule has 1 aliphatic rings. The van der Waals surface area contributed by atoms with E-state index in [0.717, 1.165) is 31.6 Å². The Kier molecular flexibility index (Phi) is 5.79. The van der Waals surface area contributed by atoms with Crippen LogP contribution in [0.3, 0.4) is 0 Å². The molecule has 112 valence electrons. The summed E-state index contributed by atoms with van der Waals surface area (Å²) < 4.78 is 12.7. The van der Waals surface area contributed by atoms with Gasteiger partial charge in [0.15, 0.2) is 0 Å². The fourth-order valence-electron chi connectivity index (χ4n) is 3.01. The van der Waals surface area contributed by atoms with Crippen LogP contribution in [0.1, 0.15) is 50.8 Å². The first-order valence-corrected chi connectivity index (χ1v) is 9.20. The molecule has 2 nitrogen and oxygen atoms in total. The Bertz CT molecular complexity index is 458. The van der Waals surface area contributed by atoms with Gasteiger partial charge in [0.25, 0.3) is 0 Å². The predicted octanol–water partition coefficient (Wildman–Crippen LogP) is 3.45. The maximum absolute atomic E-state index is 12.7. The monoisotopic (exact) mass is 293 g/mol. The van der Waals surface area contributed by atoms with Crippen LogP contribution in [0.5, 0.6) is 0 Å². The molecule has 3 unspecified atom stereocenters. The fourth-order valence-corrected chi connectivity index (χ4v) is 4.84. The number of hydrogen-bond donors (Lipinski definition) is 1. The Morgan fingerprint density at radius 3 is 2.80 bits per heavy atom. The van der Waals surface area contributed by atoms with E-state index in [1.165, 1.54) is 11.1 Å². The second-order valence-electron chi connectivity index (χ2n) is 6.15. The van der Waals surface area contributed by atoms with Crippen molar-refractivity contribution in [1.29, 1.82) is 0 Å². The largest absolute Gasteiger partial charge is 0.309 e. The van der Waals surface area contributed by atoms with Gasteiger partial charge in [-0.25, -0.2) is 0 Å². The molecule has 0 heterocycles. The predicted molar refractivity (Wildman–Crippen MR) is 87.4 cm³/mol. The summed E-state index contributed by atoms with van der Waals surface area (Å²) in [4.78, 5) is 0. The highest BCUT2D eigenvalue weighted by atomic mass is 32.2. The van der Waals surface area contributed by atoms with Gasteiger partial charge in [0, 0.05) is 22.6 Å². The molecule has 3 heteroatoms. The summed E-state index contributed by atoms with van der Waals surface area (Å²) >= 11 is 0. The molecule has 1 aromatic carbocycles. The summed E-state index contributed by atoms with van der Waals surface area (Å²) in [5, 5.41) is 3.90. The van der Waals surface area contributed by atoms with Gasteiger partial charge in [0.1, 0.15) is 0 Å². The number of hydrogen-bond acceptors (Lipinski definition) is 2. The number of nitrogens with one attached hydrogen (secondary N) is 1. The van der Waals surface area contributed by atoms with Crippen LogP contribution in [0.4, 0.5) is 0 Å². The van der Waals surface area contributed by atoms with Gasteiger partial charge in [-0.1, -0.05) is 45.0 Å². The highest BCUT2D eigenvalue weighted by Gasteiger charge is 2.32. The average Bonchev–Trinajstić information content (AvgIpc) is 2.43. The Morgan fingerprint density at radius 2 is 2.10 bits per heavy atom. The summed E-state index contributed by atoms with van der Waals surface area (Å²) in [5.41, 5.74) is 2.80. The van der Waals surface area contributed by atoms with Crippen LogP contribution in [-0.2, 0) is 17.2 Å². The lowest BCUT2D eigenvalue weighted by atomic mass is 9.87. The molecule has 0 bridgehead atoms. The van der Waals surface area contributed by atoms with E-state index in [4.69, 9.17) is 0 Å². The van der Waals surface area contributed by atoms with E-state index in [2.05, 4.69) is 50.4 Å². The molecular formula is C17H27NOS. The summed E-state index contributed by atoms with van der Waals surface area (Å²) in [5.74, 6) is 1.32. The zero-order chi connectivity index (χ0) is 14.5. The third kappa shape index (κ3) is 3.70. The normalized spacial score (nSPS) is 23.6. The lowest BCUT2D eigenvalue weighted by Crippen LogP contribution is -2.40. The highest BCUT2D eigenvalue weighted by Crippen LogP contribution is 2.33. The zero-order valence-corrected chi connectivity index (χ0v) is 13.7. The van der Waals surface area contributed by atoms with Crippen molar-refractivity contribution in [2.45, 2.75) is 51.3 Å². The second kappa shape index (κ2) is 7.37. The van der Waals surface area contributed by atoms with E-state index in [1.807, 2.05) is 0 Å². The first-order valence-electron chi connectivity index (χ1n) is 7.81. The van der Waals surface area contributed by atoms with Crippen LogP contribution >= 0.6 is 0 Å². The number of rotatable bonds is 6. The third-order valence-electron chi connectivity index (χ3n) is 3.91. The SMILES string of the molecule is CCCNC1c2ccccc2CCC1S(=O)CC(C)C. The van der Waals surface area contributed by atoms with E-state index >= 15 is 0 Å². The van der Waals surface area contributed by atoms with Gasteiger partial charge < -0.3 is 5.32 Å². The maximum Gasteiger partial charge on any atom is 0.0546 e. The Hall–Kier alpha value is -0.670. The zero-order valence-electron chi connectivity index (χ0n) is 12.9. The maximum atomic E-state index is 12.7. The van der Waals surface area contributed by atoms with Gasteiger partial charge >= 0.3 is 0 Å². The number of aryl methyl sites for hydroxylation is 1. The standard InChI is InChI=1S/C17H27NOS/c1-4-11-18-17-15-8-6-5-7-14(15)9-10-16(17)20(19)12-13(2)3/h5-8,13,16-18H,4,9-12H2,1-3H3. The minimum Gasteiger partial charge on any atom is -0.309 e. The van der Waals surface area contributed by atoms with E-state index in [9.17, 15) is 4.21 Å². The molecule has 0 aliphatic heterocycles. The van der Waals surface area contributed by atoms with Gasteiger partial charge in [-0.3, -0.25) is 4.21 Å². The molecule has 1 aliphatic carbocycles. The first kappa shape index (κ1) is 15.7. The Labute approximate surface area is 125 Å². The summed E-state index contributed by atoms with van der Waals surface area (Å²) in [6, 6.07) is 8.91. The highest BCUT2D eigenvalue weighted by molar-refractivity contribution is 7.85. The van der Waals surface area contributed by atoms with Crippen molar-refractivity contribution >= 4 is 10.8 Å². The molecule has 1 N–H and O–H groups in total. The molecular weight excluding hydrogens is 266 g/mol. The first-order chi connectivity index (χ1) is 9.63. The van der Waals surface area contributed by atoms with Crippen LogP contribution in [0.2, 0.25) is 0 Å². The fraction of sp³-hybridized carbons (Fsp3) is 0.647. The Balaban J connectivity index is 2.22. The molecule has 0 radical (unpaired) electrons. The van der Waals surface area contributed by atoms with E-state index in [0.29, 0.717) is 5.92 Å². The minimum atomic E-state index is -0.740. The molecule has 0 spiro atoms. The van der Waals surface area contributed by atoms with Gasteiger partial charge in [-0.2, -0.15) is 0 Å². The van der Waals surface area contributed by atoms with Crippen molar-refractivity contribution in [1.82, 2.24) is 5.32 Å². The molecule has 2 rings (SSSR count). The van der Waals surface area contributed by atoms with Gasteiger partial charge in [0.05, 0.1) is 5.25 Å². The lowest BCUT2D eigenvalue weighted by Gasteiger charge is -2.34. The van der Waals surface area contributed by atoms with E-state index in [1.54, 1.807) is 0 Å². The topological polar surface area (TPSA) is 29.1 Å². The van der Waals surface area contributed by atoms with Crippen molar-refractivity contribution in [3.63, 3.8) is 0 Å². The van der Waals surface area contributed by atoms with E-state index in [-0.39, 0.29) is 11.3 Å². The molecule has 20 heavy (non-hydrogen) atoms. The van der Waals surface area contributed by atoms with Crippen molar-refractivity contribution in [3.8, 4) is 0 Å². The van der Waals surface area contributed by atoms with Crippen molar-refractivity contribution in [2.24, 2.45) is 5.92 Å². The molecule has 0 amide bonds. The summed E-state index contributed by atoms with van der Waals surface area (Å²) in [6.45, 7) is 7.49. The van der Waals surface area contributed by atoms with Crippen LogP contribution in [0.25, 0.3) is 0 Å². The number of fused-ring (bicyclic) bond motifs is 1. The summed E-state index contributed by atoms with van der Waals surface area (Å²) in [7, 11) is -0.740. The minimum absolute atomic E-state index is 0.263. The molecule has 1 aromatic rings. The van der Waals surface area contributed by atoms with Gasteiger partial charge in [-0.15, -0.1) is 0 Å². The molecule has 0 aromatic heterocycles. The van der Waals surface area contributed by atoms with Crippen LogP contribution < -0.4 is 5.32 Å². The summed E-state index contributed by atoms with van der Waals surface area (Å²) in [6.07, 6.45) is 3.22. The van der Waals surface area contributed by atoms with Crippen LogP contribution in [0, 0.1) is 5.92 Å². The molecule has 3 atom stereocenters. The molecule has 0 saturated heterocycles. The van der Waals surface area contributed by atoms with Crippen molar-refractivity contribution in [2.75, 3.05) is 12.3 Å². The quantitative estimate of drug-likeness (QED) is 0.870. The Morgan fingerprint density at radius 1 is 1.35 bits per heavy atom. The van der Waals surface area contributed by atoms with Crippen LogP contribution in [-0.4, -0.2) is 21.8 Å². The third-order valence-corrected chi connectivity index (χ3v) is 6.09.